The molecule has 0 bridgehead atoms. The smallest absolute Gasteiger partial charge is 0.123 e. The molecule has 0 saturated carbocycles. The van der Waals surface area contributed by atoms with Crippen LogP contribution in [0.1, 0.15) is 59.9 Å². The van der Waals surface area contributed by atoms with Gasteiger partial charge in [-0.1, -0.05) is 61.0 Å². The third kappa shape index (κ3) is 3.35. The highest BCUT2D eigenvalue weighted by atomic mass is 15.5. The minimum Gasteiger partial charge on any atom is -0.362 e. The standard InChI is InChI=1S/C25H32N4/c1-7-16-25(5,6)29-23-19-13-9-8-12-18(19)17-28(24(2,3)4)21-15-11-10-14-20(21)22(23)26-27-29/h8-15H,7,16-17H2,1-6H3. The lowest BCUT2D eigenvalue weighted by Gasteiger charge is -2.40. The lowest BCUT2D eigenvalue weighted by molar-refractivity contribution is 0.290. The molecular weight excluding hydrogens is 356 g/mol. The maximum atomic E-state index is 4.75. The molecule has 1 aliphatic rings. The molecule has 0 unspecified atom stereocenters. The van der Waals surface area contributed by atoms with Crippen LogP contribution >= 0.6 is 0 Å². The maximum Gasteiger partial charge on any atom is 0.123 e. The zero-order valence-electron chi connectivity index (χ0n) is 18.5. The number of rotatable bonds is 3. The van der Waals surface area contributed by atoms with Gasteiger partial charge in [0.25, 0.3) is 0 Å². The molecule has 152 valence electrons. The monoisotopic (exact) mass is 388 g/mol. The van der Waals surface area contributed by atoms with E-state index < -0.39 is 0 Å². The van der Waals surface area contributed by atoms with Crippen LogP contribution < -0.4 is 4.90 Å². The largest absolute Gasteiger partial charge is 0.362 e. The Morgan fingerprint density at radius 1 is 0.897 bits per heavy atom. The number of hydrogen-bond donors (Lipinski definition) is 0. The summed E-state index contributed by atoms with van der Waals surface area (Å²) in [5.74, 6) is 0. The Balaban J connectivity index is 2.07. The minimum absolute atomic E-state index is 0.0157. The third-order valence-corrected chi connectivity index (χ3v) is 5.97. The average Bonchev–Trinajstić information content (AvgIpc) is 3.09. The molecule has 0 atom stereocenters. The van der Waals surface area contributed by atoms with Gasteiger partial charge >= 0.3 is 0 Å². The molecule has 2 heterocycles. The van der Waals surface area contributed by atoms with Crippen LogP contribution in [-0.2, 0) is 12.1 Å². The molecule has 0 saturated heterocycles. The molecule has 2 aromatic carbocycles. The highest BCUT2D eigenvalue weighted by Gasteiger charge is 2.33. The Hall–Kier alpha value is -2.62. The number of hydrogen-bond acceptors (Lipinski definition) is 3. The summed E-state index contributed by atoms with van der Waals surface area (Å²) >= 11 is 0. The summed E-state index contributed by atoms with van der Waals surface area (Å²) < 4.78 is 2.16. The molecule has 4 rings (SSSR count). The Morgan fingerprint density at radius 2 is 1.55 bits per heavy atom. The summed E-state index contributed by atoms with van der Waals surface area (Å²) in [5, 5.41) is 9.45. The number of fused-ring (bicyclic) bond motifs is 5. The van der Waals surface area contributed by atoms with E-state index in [9.17, 15) is 0 Å². The lowest BCUT2D eigenvalue weighted by Crippen LogP contribution is -2.41. The van der Waals surface area contributed by atoms with E-state index in [1.165, 1.54) is 16.8 Å². The van der Waals surface area contributed by atoms with Crippen LogP contribution in [0.2, 0.25) is 0 Å². The van der Waals surface area contributed by atoms with Crippen molar-refractivity contribution in [2.24, 2.45) is 0 Å². The van der Waals surface area contributed by atoms with Gasteiger partial charge in [-0.3, -0.25) is 0 Å². The van der Waals surface area contributed by atoms with Gasteiger partial charge in [0.05, 0.1) is 11.2 Å². The number of para-hydroxylation sites is 1. The van der Waals surface area contributed by atoms with Crippen LogP contribution in [0.3, 0.4) is 0 Å². The van der Waals surface area contributed by atoms with Gasteiger partial charge in [0.15, 0.2) is 0 Å². The fraction of sp³-hybridized carbons (Fsp3) is 0.440. The van der Waals surface area contributed by atoms with E-state index in [0.29, 0.717) is 0 Å². The Labute approximate surface area is 174 Å². The predicted molar refractivity (Wildman–Crippen MR) is 121 cm³/mol. The summed E-state index contributed by atoms with van der Waals surface area (Å²) in [5.41, 5.74) is 6.93. The number of nitrogens with zero attached hydrogens (tertiary/aromatic N) is 4. The minimum atomic E-state index is -0.0969. The van der Waals surface area contributed by atoms with Crippen molar-refractivity contribution in [3.63, 3.8) is 0 Å². The van der Waals surface area contributed by atoms with E-state index in [0.717, 1.165) is 36.3 Å². The first kappa shape index (κ1) is 19.7. The van der Waals surface area contributed by atoms with Gasteiger partial charge in [-0.15, -0.1) is 5.10 Å². The van der Waals surface area contributed by atoms with Crippen molar-refractivity contribution in [1.29, 1.82) is 0 Å². The van der Waals surface area contributed by atoms with E-state index in [2.05, 4.69) is 99.7 Å². The molecule has 0 spiro atoms. The van der Waals surface area contributed by atoms with Gasteiger partial charge in [-0.2, -0.15) is 0 Å². The van der Waals surface area contributed by atoms with E-state index in [4.69, 9.17) is 10.3 Å². The number of aromatic nitrogens is 3. The van der Waals surface area contributed by atoms with Crippen LogP contribution in [0.4, 0.5) is 5.69 Å². The summed E-state index contributed by atoms with van der Waals surface area (Å²) in [7, 11) is 0. The third-order valence-electron chi connectivity index (χ3n) is 5.97. The zero-order valence-corrected chi connectivity index (χ0v) is 18.5. The lowest BCUT2D eigenvalue weighted by atomic mass is 9.91. The fourth-order valence-corrected chi connectivity index (χ4v) is 4.50. The maximum absolute atomic E-state index is 4.75. The normalized spacial score (nSPS) is 13.9. The van der Waals surface area contributed by atoms with Gasteiger partial charge in [-0.25, -0.2) is 4.68 Å². The molecule has 0 aliphatic carbocycles. The molecule has 0 N–H and O–H groups in total. The Bertz CT molecular complexity index is 1020. The van der Waals surface area contributed by atoms with Gasteiger partial charge in [-0.05, 0) is 52.7 Å². The molecule has 29 heavy (non-hydrogen) atoms. The summed E-state index contributed by atoms with van der Waals surface area (Å²) in [4.78, 5) is 2.49. The number of anilines is 1. The quantitative estimate of drug-likeness (QED) is 0.530. The van der Waals surface area contributed by atoms with E-state index >= 15 is 0 Å². The van der Waals surface area contributed by atoms with Crippen LogP contribution in [0.5, 0.6) is 0 Å². The van der Waals surface area contributed by atoms with Crippen molar-refractivity contribution < 1.29 is 0 Å². The Morgan fingerprint density at radius 3 is 2.24 bits per heavy atom. The highest BCUT2D eigenvalue weighted by molar-refractivity contribution is 5.88. The van der Waals surface area contributed by atoms with Crippen molar-refractivity contribution in [1.82, 2.24) is 15.0 Å². The van der Waals surface area contributed by atoms with Crippen LogP contribution in [-0.4, -0.2) is 20.5 Å². The second-order valence-electron chi connectivity index (χ2n) is 9.69. The molecule has 3 aromatic rings. The molecular formula is C25H32N4. The van der Waals surface area contributed by atoms with Gasteiger partial charge in [0, 0.05) is 28.9 Å². The van der Waals surface area contributed by atoms with Crippen LogP contribution in [0.15, 0.2) is 48.5 Å². The predicted octanol–water partition coefficient (Wildman–Crippen LogP) is 6.27. The molecule has 4 heteroatoms. The first-order valence-corrected chi connectivity index (χ1v) is 10.7. The van der Waals surface area contributed by atoms with Crippen molar-refractivity contribution in [3.8, 4) is 22.5 Å². The van der Waals surface area contributed by atoms with Crippen molar-refractivity contribution in [3.05, 3.63) is 54.1 Å². The SMILES string of the molecule is CCCC(C)(C)n1nnc2c1-c1ccccc1CN(C(C)(C)C)c1ccccc1-2. The first-order valence-electron chi connectivity index (χ1n) is 10.7. The second kappa shape index (κ2) is 7.01. The summed E-state index contributed by atoms with van der Waals surface area (Å²) in [6.45, 7) is 14.4. The van der Waals surface area contributed by atoms with E-state index in [1.807, 2.05) is 0 Å². The zero-order chi connectivity index (χ0) is 20.8. The van der Waals surface area contributed by atoms with Gasteiger partial charge in [0.2, 0.25) is 0 Å². The van der Waals surface area contributed by atoms with E-state index in [-0.39, 0.29) is 11.1 Å². The number of benzene rings is 2. The summed E-state index contributed by atoms with van der Waals surface area (Å²) in [6.07, 6.45) is 2.17. The molecule has 1 aromatic heterocycles. The molecule has 4 nitrogen and oxygen atoms in total. The van der Waals surface area contributed by atoms with Crippen LogP contribution in [0.25, 0.3) is 22.5 Å². The van der Waals surface area contributed by atoms with Crippen molar-refractivity contribution in [2.75, 3.05) is 4.90 Å². The summed E-state index contributed by atoms with van der Waals surface area (Å²) in [6, 6.07) is 17.4. The fourth-order valence-electron chi connectivity index (χ4n) is 4.50. The van der Waals surface area contributed by atoms with Crippen molar-refractivity contribution in [2.45, 2.75) is 72.0 Å². The molecule has 0 amide bonds. The van der Waals surface area contributed by atoms with Gasteiger partial charge < -0.3 is 4.90 Å². The topological polar surface area (TPSA) is 34.0 Å². The average molecular weight is 389 g/mol. The molecule has 0 radical (unpaired) electrons. The first-order chi connectivity index (χ1) is 13.7. The van der Waals surface area contributed by atoms with Gasteiger partial charge in [0.1, 0.15) is 5.69 Å². The Kier molecular flexibility index (Phi) is 4.76. The highest BCUT2D eigenvalue weighted by Crippen LogP contribution is 2.44. The van der Waals surface area contributed by atoms with Crippen LogP contribution in [0, 0.1) is 0 Å². The second-order valence-corrected chi connectivity index (χ2v) is 9.69. The molecule has 0 fully saturated rings. The van der Waals surface area contributed by atoms with Crippen molar-refractivity contribution >= 4 is 5.69 Å². The van der Waals surface area contributed by atoms with E-state index in [1.54, 1.807) is 0 Å². The molecule has 1 aliphatic heterocycles.